The minimum Gasteiger partial charge on any atom is -0.508 e. The van der Waals surface area contributed by atoms with Gasteiger partial charge >= 0.3 is 0 Å². The molecule has 0 bridgehead atoms. The standard InChI is InChI=1S/C12H13N3O2/c1-9-10(4-2-5-11(9)16)14-12(17)8-15-7-3-6-13-15/h2-7,16H,8H2,1H3,(H,14,17). The molecule has 0 unspecified atom stereocenters. The lowest BCUT2D eigenvalue weighted by atomic mass is 10.2. The number of nitrogens with zero attached hydrogens (tertiary/aromatic N) is 2. The van der Waals surface area contributed by atoms with Crippen molar-refractivity contribution in [2.45, 2.75) is 13.5 Å². The minimum absolute atomic E-state index is 0.155. The van der Waals surface area contributed by atoms with Gasteiger partial charge < -0.3 is 10.4 Å². The van der Waals surface area contributed by atoms with E-state index in [1.54, 1.807) is 43.6 Å². The summed E-state index contributed by atoms with van der Waals surface area (Å²) in [4.78, 5) is 11.7. The Hall–Kier alpha value is -2.30. The molecule has 0 atom stereocenters. The van der Waals surface area contributed by atoms with E-state index in [1.165, 1.54) is 4.68 Å². The molecule has 1 aromatic heterocycles. The first-order chi connectivity index (χ1) is 8.16. The molecule has 88 valence electrons. The first kappa shape index (κ1) is 11.2. The Labute approximate surface area is 98.7 Å². The van der Waals surface area contributed by atoms with Crippen LogP contribution < -0.4 is 5.32 Å². The number of hydrogen-bond acceptors (Lipinski definition) is 3. The number of rotatable bonds is 3. The smallest absolute Gasteiger partial charge is 0.246 e. The molecule has 0 aliphatic carbocycles. The molecule has 2 rings (SSSR count). The van der Waals surface area contributed by atoms with E-state index in [9.17, 15) is 9.90 Å². The van der Waals surface area contributed by atoms with E-state index in [0.29, 0.717) is 11.3 Å². The third kappa shape index (κ3) is 2.63. The van der Waals surface area contributed by atoms with Gasteiger partial charge in [0.1, 0.15) is 12.3 Å². The Morgan fingerprint density at radius 1 is 1.47 bits per heavy atom. The van der Waals surface area contributed by atoms with Gasteiger partial charge in [0, 0.05) is 23.6 Å². The molecule has 0 saturated carbocycles. The SMILES string of the molecule is Cc1c(O)cccc1NC(=O)Cn1cccn1. The maximum atomic E-state index is 11.7. The number of phenolic OH excluding ortho intramolecular Hbond substituents is 1. The summed E-state index contributed by atoms with van der Waals surface area (Å²) < 4.78 is 1.54. The number of nitrogens with one attached hydrogen (secondary N) is 1. The van der Waals surface area contributed by atoms with Crippen molar-refractivity contribution in [2.75, 3.05) is 5.32 Å². The third-order valence-electron chi connectivity index (χ3n) is 2.44. The summed E-state index contributed by atoms with van der Waals surface area (Å²) in [6.45, 7) is 1.90. The van der Waals surface area contributed by atoms with Crippen LogP contribution in [0.4, 0.5) is 5.69 Å². The van der Waals surface area contributed by atoms with Crippen LogP contribution in [0, 0.1) is 6.92 Å². The summed E-state index contributed by atoms with van der Waals surface area (Å²) in [5, 5.41) is 16.2. The van der Waals surface area contributed by atoms with Gasteiger partial charge in [-0.25, -0.2) is 0 Å². The Morgan fingerprint density at radius 2 is 2.29 bits per heavy atom. The number of benzene rings is 1. The van der Waals surface area contributed by atoms with Crippen LogP contribution in [0.2, 0.25) is 0 Å². The quantitative estimate of drug-likeness (QED) is 0.841. The average molecular weight is 231 g/mol. The fourth-order valence-electron chi connectivity index (χ4n) is 1.49. The number of aromatic nitrogens is 2. The molecule has 0 spiro atoms. The Balaban J connectivity index is 2.06. The number of amides is 1. The molecule has 0 fully saturated rings. The fraction of sp³-hybridized carbons (Fsp3) is 0.167. The van der Waals surface area contributed by atoms with Crippen LogP contribution in [-0.4, -0.2) is 20.8 Å². The van der Waals surface area contributed by atoms with E-state index in [1.807, 2.05) is 0 Å². The molecule has 1 heterocycles. The van der Waals surface area contributed by atoms with Crippen molar-refractivity contribution in [1.82, 2.24) is 9.78 Å². The zero-order valence-electron chi connectivity index (χ0n) is 9.42. The highest BCUT2D eigenvalue weighted by Gasteiger charge is 2.07. The highest BCUT2D eigenvalue weighted by atomic mass is 16.3. The largest absolute Gasteiger partial charge is 0.508 e. The van der Waals surface area contributed by atoms with Crippen LogP contribution >= 0.6 is 0 Å². The fourth-order valence-corrected chi connectivity index (χ4v) is 1.49. The summed E-state index contributed by atoms with van der Waals surface area (Å²) in [6, 6.07) is 6.77. The maximum absolute atomic E-state index is 11.7. The van der Waals surface area contributed by atoms with Crippen molar-refractivity contribution < 1.29 is 9.90 Å². The molecule has 0 aliphatic heterocycles. The molecule has 5 heteroatoms. The molecule has 2 aromatic rings. The number of carbonyl (C=O) groups excluding carboxylic acids is 1. The summed E-state index contributed by atoms with van der Waals surface area (Å²) in [5.41, 5.74) is 1.27. The van der Waals surface area contributed by atoms with Crippen LogP contribution in [0.1, 0.15) is 5.56 Å². The lowest BCUT2D eigenvalue weighted by Crippen LogP contribution is -2.19. The molecule has 17 heavy (non-hydrogen) atoms. The highest BCUT2D eigenvalue weighted by molar-refractivity contribution is 5.91. The molecule has 0 radical (unpaired) electrons. The first-order valence-electron chi connectivity index (χ1n) is 5.22. The van der Waals surface area contributed by atoms with E-state index < -0.39 is 0 Å². The predicted molar refractivity (Wildman–Crippen MR) is 63.7 cm³/mol. The molecular weight excluding hydrogens is 218 g/mol. The second-order valence-electron chi connectivity index (χ2n) is 3.70. The molecule has 1 amide bonds. The van der Waals surface area contributed by atoms with Gasteiger partial charge in [-0.05, 0) is 25.1 Å². The maximum Gasteiger partial charge on any atom is 0.246 e. The second kappa shape index (κ2) is 4.69. The van der Waals surface area contributed by atoms with Crippen LogP contribution in [-0.2, 0) is 11.3 Å². The zero-order chi connectivity index (χ0) is 12.3. The molecular formula is C12H13N3O2. The van der Waals surface area contributed by atoms with Crippen molar-refractivity contribution >= 4 is 11.6 Å². The second-order valence-corrected chi connectivity index (χ2v) is 3.70. The van der Waals surface area contributed by atoms with E-state index in [4.69, 9.17) is 0 Å². The van der Waals surface area contributed by atoms with Gasteiger partial charge in [0.05, 0.1) is 0 Å². The van der Waals surface area contributed by atoms with Gasteiger partial charge in [-0.15, -0.1) is 0 Å². The van der Waals surface area contributed by atoms with Crippen molar-refractivity contribution in [3.8, 4) is 5.75 Å². The minimum atomic E-state index is -0.178. The van der Waals surface area contributed by atoms with E-state index in [-0.39, 0.29) is 18.2 Å². The lowest BCUT2D eigenvalue weighted by molar-refractivity contribution is -0.116. The van der Waals surface area contributed by atoms with Gasteiger partial charge in [-0.2, -0.15) is 5.10 Å². The van der Waals surface area contributed by atoms with Crippen molar-refractivity contribution in [1.29, 1.82) is 0 Å². The van der Waals surface area contributed by atoms with Crippen LogP contribution in [0.5, 0.6) is 5.75 Å². The summed E-state index contributed by atoms with van der Waals surface area (Å²) in [7, 11) is 0. The lowest BCUT2D eigenvalue weighted by Gasteiger charge is -2.09. The topological polar surface area (TPSA) is 67.2 Å². The molecule has 2 N–H and O–H groups in total. The zero-order valence-corrected chi connectivity index (χ0v) is 9.42. The predicted octanol–water partition coefficient (Wildman–Crippen LogP) is 1.54. The van der Waals surface area contributed by atoms with Gasteiger partial charge in [-0.3, -0.25) is 9.48 Å². The Kier molecular flexibility index (Phi) is 3.09. The first-order valence-corrected chi connectivity index (χ1v) is 5.22. The number of aromatic hydroxyl groups is 1. The van der Waals surface area contributed by atoms with Crippen molar-refractivity contribution in [3.05, 3.63) is 42.2 Å². The van der Waals surface area contributed by atoms with Gasteiger partial charge in [0.2, 0.25) is 5.91 Å². The van der Waals surface area contributed by atoms with Gasteiger partial charge in [0.25, 0.3) is 0 Å². The number of phenols is 1. The van der Waals surface area contributed by atoms with E-state index in [2.05, 4.69) is 10.4 Å². The Bertz CT molecular complexity index is 521. The third-order valence-corrected chi connectivity index (χ3v) is 2.44. The number of hydrogen-bond donors (Lipinski definition) is 2. The van der Waals surface area contributed by atoms with Crippen molar-refractivity contribution in [3.63, 3.8) is 0 Å². The highest BCUT2D eigenvalue weighted by Crippen LogP contribution is 2.23. The molecule has 0 saturated heterocycles. The summed E-state index contributed by atoms with van der Waals surface area (Å²) in [6.07, 6.45) is 3.34. The van der Waals surface area contributed by atoms with E-state index in [0.717, 1.165) is 0 Å². The summed E-state index contributed by atoms with van der Waals surface area (Å²) >= 11 is 0. The molecule has 1 aromatic carbocycles. The Morgan fingerprint density at radius 3 is 3.00 bits per heavy atom. The monoisotopic (exact) mass is 231 g/mol. The van der Waals surface area contributed by atoms with Crippen molar-refractivity contribution in [2.24, 2.45) is 0 Å². The van der Waals surface area contributed by atoms with Crippen LogP contribution in [0.15, 0.2) is 36.7 Å². The number of carbonyl (C=O) groups is 1. The van der Waals surface area contributed by atoms with Crippen LogP contribution in [0.3, 0.4) is 0 Å². The average Bonchev–Trinajstić information content (AvgIpc) is 2.77. The molecule has 5 nitrogen and oxygen atoms in total. The van der Waals surface area contributed by atoms with Gasteiger partial charge in [0.15, 0.2) is 0 Å². The van der Waals surface area contributed by atoms with E-state index >= 15 is 0 Å². The van der Waals surface area contributed by atoms with Crippen LogP contribution in [0.25, 0.3) is 0 Å². The number of anilines is 1. The molecule has 0 aliphatic rings. The normalized spacial score (nSPS) is 10.2. The van der Waals surface area contributed by atoms with Gasteiger partial charge in [-0.1, -0.05) is 6.07 Å². The summed E-state index contributed by atoms with van der Waals surface area (Å²) in [5.74, 6) is -0.00992.